The van der Waals surface area contributed by atoms with Crippen molar-refractivity contribution in [3.05, 3.63) is 29.3 Å². The number of amides is 2. The lowest BCUT2D eigenvalue weighted by Crippen LogP contribution is -2.48. The van der Waals surface area contributed by atoms with Crippen molar-refractivity contribution in [2.75, 3.05) is 19.3 Å². The van der Waals surface area contributed by atoms with Crippen LogP contribution < -0.4 is 11.1 Å². The molecule has 1 aromatic rings. The highest BCUT2D eigenvalue weighted by atomic mass is 19.1. The molecule has 20 heavy (non-hydrogen) atoms. The molecule has 1 heterocycles. The third-order valence-electron chi connectivity index (χ3n) is 3.30. The Bertz CT molecular complexity index is 540. The molecule has 1 fully saturated rings. The van der Waals surface area contributed by atoms with Gasteiger partial charge in [0.15, 0.2) is 0 Å². The summed E-state index contributed by atoms with van der Waals surface area (Å²) in [6.45, 7) is 0.379. The van der Waals surface area contributed by atoms with Gasteiger partial charge >= 0.3 is 0 Å². The minimum Gasteiger partial charge on any atom is -0.394 e. The van der Waals surface area contributed by atoms with Gasteiger partial charge in [-0.15, -0.1) is 0 Å². The van der Waals surface area contributed by atoms with E-state index in [9.17, 15) is 18.4 Å². The van der Waals surface area contributed by atoms with Crippen molar-refractivity contribution in [3.8, 4) is 0 Å². The summed E-state index contributed by atoms with van der Waals surface area (Å²) in [6.07, 6.45) is 0.848. The zero-order valence-corrected chi connectivity index (χ0v) is 11.0. The number of likely N-dealkylation sites (tertiary alicyclic amines) is 1. The number of hydrogen-bond acceptors (Lipinski definition) is 3. The number of nitrogens with zero attached hydrogens (tertiary/aromatic N) is 1. The van der Waals surface area contributed by atoms with Gasteiger partial charge in [-0.3, -0.25) is 9.59 Å². The van der Waals surface area contributed by atoms with Gasteiger partial charge < -0.3 is 16.0 Å². The molecular formula is C13H15F2N3O2. The van der Waals surface area contributed by atoms with Crippen molar-refractivity contribution in [1.82, 2.24) is 10.2 Å². The molecule has 0 aromatic heterocycles. The van der Waals surface area contributed by atoms with Gasteiger partial charge in [-0.2, -0.15) is 0 Å². The summed E-state index contributed by atoms with van der Waals surface area (Å²) in [7, 11) is 1.64. The number of hydrogen-bond donors (Lipinski definition) is 2. The number of rotatable bonds is 2. The highest BCUT2D eigenvalue weighted by Gasteiger charge is 2.24. The molecule has 2 amide bonds. The predicted molar refractivity (Wildman–Crippen MR) is 68.9 cm³/mol. The van der Waals surface area contributed by atoms with Crippen molar-refractivity contribution in [1.29, 1.82) is 0 Å². The van der Waals surface area contributed by atoms with Gasteiger partial charge in [-0.25, -0.2) is 8.78 Å². The molecule has 1 saturated heterocycles. The lowest BCUT2D eigenvalue weighted by Gasteiger charge is -2.30. The van der Waals surface area contributed by atoms with E-state index in [1.54, 1.807) is 7.05 Å². The Kier molecular flexibility index (Phi) is 3.87. The Morgan fingerprint density at radius 1 is 1.40 bits per heavy atom. The molecule has 1 unspecified atom stereocenters. The summed E-state index contributed by atoms with van der Waals surface area (Å²) in [5.41, 5.74) is 4.41. The Labute approximate surface area is 114 Å². The fourth-order valence-electron chi connectivity index (χ4n) is 2.11. The lowest BCUT2D eigenvalue weighted by atomic mass is 10.0. The molecule has 0 spiro atoms. The summed E-state index contributed by atoms with van der Waals surface area (Å²) in [5, 5.41) is 2.65. The topological polar surface area (TPSA) is 75.4 Å². The third-order valence-corrected chi connectivity index (χ3v) is 3.30. The Balaban J connectivity index is 2.07. The first-order valence-electron chi connectivity index (χ1n) is 6.18. The molecule has 5 nitrogen and oxygen atoms in total. The molecular weight excluding hydrogens is 268 g/mol. The summed E-state index contributed by atoms with van der Waals surface area (Å²) in [4.78, 5) is 24.8. The molecule has 0 saturated carbocycles. The van der Waals surface area contributed by atoms with Crippen molar-refractivity contribution >= 4 is 17.5 Å². The van der Waals surface area contributed by atoms with E-state index in [1.807, 2.05) is 0 Å². The number of benzene rings is 1. The number of carbonyl (C=O) groups excluding carboxylic acids is 2. The van der Waals surface area contributed by atoms with Crippen molar-refractivity contribution in [2.24, 2.45) is 0 Å². The van der Waals surface area contributed by atoms with E-state index >= 15 is 0 Å². The number of likely N-dealkylation sites (N-methyl/N-ethyl adjacent to an activating group) is 1. The fraction of sp³-hybridized carbons (Fsp3) is 0.385. The second-order valence-electron chi connectivity index (χ2n) is 4.84. The molecule has 7 heteroatoms. The SMILES string of the molecule is CN1CC(NC(=O)c2cc(F)c(N)c(F)c2)CCC1=O. The predicted octanol–water partition coefficient (Wildman–Crippen LogP) is 0.898. The van der Waals surface area contributed by atoms with Crippen molar-refractivity contribution in [2.45, 2.75) is 18.9 Å². The largest absolute Gasteiger partial charge is 0.394 e. The Morgan fingerprint density at radius 3 is 2.55 bits per heavy atom. The molecule has 0 bridgehead atoms. The summed E-state index contributed by atoms with van der Waals surface area (Å²) in [5.74, 6) is -2.51. The van der Waals surface area contributed by atoms with Crippen LogP contribution in [0.1, 0.15) is 23.2 Å². The molecule has 0 radical (unpaired) electrons. The molecule has 0 aliphatic carbocycles. The van der Waals surface area contributed by atoms with Crippen LogP contribution in [0.3, 0.4) is 0 Å². The number of piperidine rings is 1. The van der Waals surface area contributed by atoms with Gasteiger partial charge in [0.25, 0.3) is 5.91 Å². The average molecular weight is 283 g/mol. The zero-order chi connectivity index (χ0) is 14.9. The van der Waals surface area contributed by atoms with E-state index in [0.29, 0.717) is 19.4 Å². The number of nitrogen functional groups attached to an aromatic ring is 1. The highest BCUT2D eigenvalue weighted by Crippen LogP contribution is 2.18. The Morgan fingerprint density at radius 2 is 2.00 bits per heavy atom. The monoisotopic (exact) mass is 283 g/mol. The molecule has 1 aromatic carbocycles. The minimum atomic E-state index is -0.967. The van der Waals surface area contributed by atoms with Crippen LogP contribution in [-0.2, 0) is 4.79 Å². The third kappa shape index (κ3) is 2.87. The molecule has 2 rings (SSSR count). The van der Waals surface area contributed by atoms with E-state index < -0.39 is 23.2 Å². The van der Waals surface area contributed by atoms with Gasteiger partial charge in [0, 0.05) is 31.6 Å². The van der Waals surface area contributed by atoms with Crippen molar-refractivity contribution in [3.63, 3.8) is 0 Å². The number of carbonyl (C=O) groups is 2. The first-order valence-corrected chi connectivity index (χ1v) is 6.18. The number of halogens is 2. The van der Waals surface area contributed by atoms with Crippen LogP contribution in [0.4, 0.5) is 14.5 Å². The molecule has 1 atom stereocenters. The second-order valence-corrected chi connectivity index (χ2v) is 4.84. The summed E-state index contributed by atoms with van der Waals surface area (Å²) >= 11 is 0. The normalized spacial score (nSPS) is 19.1. The van der Waals surface area contributed by atoms with Gasteiger partial charge in [0.1, 0.15) is 17.3 Å². The number of nitrogens with one attached hydrogen (secondary N) is 1. The van der Waals surface area contributed by atoms with E-state index in [0.717, 1.165) is 12.1 Å². The molecule has 1 aliphatic rings. The fourth-order valence-corrected chi connectivity index (χ4v) is 2.11. The van der Waals surface area contributed by atoms with Gasteiger partial charge in [-0.1, -0.05) is 0 Å². The standard InChI is InChI=1S/C13H15F2N3O2/c1-18-6-8(2-3-11(18)19)17-13(20)7-4-9(14)12(16)10(15)5-7/h4-5,8H,2-3,6,16H2,1H3,(H,17,20). The number of anilines is 1. The van der Waals surface area contributed by atoms with Crippen LogP contribution in [0.2, 0.25) is 0 Å². The minimum absolute atomic E-state index is 0.0140. The molecule has 3 N–H and O–H groups in total. The van der Waals surface area contributed by atoms with Gasteiger partial charge in [0.05, 0.1) is 0 Å². The van der Waals surface area contributed by atoms with Gasteiger partial charge in [0.2, 0.25) is 5.91 Å². The smallest absolute Gasteiger partial charge is 0.251 e. The highest BCUT2D eigenvalue weighted by molar-refractivity contribution is 5.95. The Hall–Kier alpha value is -2.18. The lowest BCUT2D eigenvalue weighted by molar-refractivity contribution is -0.132. The van der Waals surface area contributed by atoms with Crippen LogP contribution in [0.15, 0.2) is 12.1 Å². The van der Waals surface area contributed by atoms with E-state index in [4.69, 9.17) is 5.73 Å². The van der Waals surface area contributed by atoms with Crippen LogP contribution in [0.5, 0.6) is 0 Å². The van der Waals surface area contributed by atoms with Crippen LogP contribution >= 0.6 is 0 Å². The molecule has 1 aliphatic heterocycles. The van der Waals surface area contributed by atoms with Gasteiger partial charge in [-0.05, 0) is 18.6 Å². The summed E-state index contributed by atoms with van der Waals surface area (Å²) < 4.78 is 26.6. The zero-order valence-electron chi connectivity index (χ0n) is 11.0. The average Bonchev–Trinajstić information content (AvgIpc) is 2.39. The maximum Gasteiger partial charge on any atom is 0.251 e. The van der Waals surface area contributed by atoms with E-state index in [-0.39, 0.29) is 17.5 Å². The molecule has 108 valence electrons. The van der Waals surface area contributed by atoms with Crippen LogP contribution in [-0.4, -0.2) is 36.3 Å². The maximum absolute atomic E-state index is 13.3. The first-order chi connectivity index (χ1) is 9.38. The van der Waals surface area contributed by atoms with Crippen LogP contribution in [0, 0.1) is 11.6 Å². The van der Waals surface area contributed by atoms with E-state index in [1.165, 1.54) is 4.90 Å². The maximum atomic E-state index is 13.3. The quantitative estimate of drug-likeness (QED) is 0.792. The first kappa shape index (κ1) is 14.2. The van der Waals surface area contributed by atoms with E-state index in [2.05, 4.69) is 5.32 Å². The van der Waals surface area contributed by atoms with Crippen LogP contribution in [0.25, 0.3) is 0 Å². The number of nitrogens with two attached hydrogens (primary N) is 1. The van der Waals surface area contributed by atoms with Crippen molar-refractivity contribution < 1.29 is 18.4 Å². The second kappa shape index (κ2) is 5.44. The summed E-state index contributed by atoms with van der Waals surface area (Å²) in [6, 6.07) is 1.56.